The lowest BCUT2D eigenvalue weighted by atomic mass is 10.0. The molecule has 1 aromatic rings. The molecule has 0 aliphatic carbocycles. The number of amides is 1. The lowest BCUT2D eigenvalue weighted by Gasteiger charge is -2.39. The fourth-order valence-electron chi connectivity index (χ4n) is 3.45. The number of esters is 3. The third-order valence-electron chi connectivity index (χ3n) is 5.04. The molecule has 0 spiro atoms. The molecule has 2 N–H and O–H groups in total. The van der Waals surface area contributed by atoms with Crippen LogP contribution in [0.4, 0.5) is 0 Å². The molecule has 194 valence electrons. The number of hydrogen-bond donors (Lipinski definition) is 2. The van der Waals surface area contributed by atoms with Crippen molar-refractivity contribution in [2.24, 2.45) is 5.92 Å². The largest absolute Gasteiger partial charge is 0.504 e. The van der Waals surface area contributed by atoms with E-state index in [1.54, 1.807) is 0 Å². The first-order chi connectivity index (χ1) is 16.5. The number of phenolic OH excluding ortho intramolecular Hbond substituents is 1. The fourth-order valence-corrected chi connectivity index (χ4v) is 3.45. The van der Waals surface area contributed by atoms with E-state index in [4.69, 9.17) is 23.7 Å². The van der Waals surface area contributed by atoms with E-state index in [0.29, 0.717) is 12.5 Å². The number of nitrogens with one attached hydrogen (secondary N) is 1. The molecule has 1 heterocycles. The van der Waals surface area contributed by atoms with Crippen LogP contribution in [-0.2, 0) is 33.3 Å². The number of phenols is 1. The summed E-state index contributed by atoms with van der Waals surface area (Å²) in [7, 11) is 0. The lowest BCUT2D eigenvalue weighted by Crippen LogP contribution is -2.54. The predicted octanol–water partition coefficient (Wildman–Crippen LogP) is 2.09. The van der Waals surface area contributed by atoms with Crippen molar-refractivity contribution >= 4 is 23.8 Å². The maximum absolute atomic E-state index is 12.3. The molecule has 2 rings (SSSR count). The smallest absolute Gasteiger partial charge is 0.303 e. The summed E-state index contributed by atoms with van der Waals surface area (Å²) in [5.41, 5.74) is 0.253. The number of ether oxygens (including phenoxy) is 5. The lowest BCUT2D eigenvalue weighted by molar-refractivity contribution is -0.246. The molecule has 4 atom stereocenters. The first-order valence-corrected chi connectivity index (χ1v) is 11.4. The van der Waals surface area contributed by atoms with Crippen molar-refractivity contribution in [2.75, 3.05) is 13.2 Å². The van der Waals surface area contributed by atoms with Crippen LogP contribution in [0.2, 0.25) is 0 Å². The topological polar surface area (TPSA) is 147 Å². The van der Waals surface area contributed by atoms with Crippen molar-refractivity contribution in [3.63, 3.8) is 0 Å². The molecule has 1 aliphatic rings. The zero-order valence-electron chi connectivity index (χ0n) is 20.6. The Morgan fingerprint density at radius 2 is 1.77 bits per heavy atom. The Bertz CT molecular complexity index is 916. The Balaban J connectivity index is 2.16. The van der Waals surface area contributed by atoms with Gasteiger partial charge in [-0.15, -0.1) is 0 Å². The van der Waals surface area contributed by atoms with Gasteiger partial charge < -0.3 is 34.1 Å². The van der Waals surface area contributed by atoms with E-state index in [9.17, 15) is 24.3 Å². The van der Waals surface area contributed by atoms with Crippen LogP contribution >= 0.6 is 0 Å². The molecule has 1 fully saturated rings. The molecule has 1 aromatic carbocycles. The van der Waals surface area contributed by atoms with Gasteiger partial charge in [-0.25, -0.2) is 0 Å². The molecule has 0 aromatic heterocycles. The van der Waals surface area contributed by atoms with Gasteiger partial charge in [0.15, 0.2) is 17.6 Å². The van der Waals surface area contributed by atoms with Crippen LogP contribution in [0, 0.1) is 5.92 Å². The van der Waals surface area contributed by atoms with Gasteiger partial charge in [0.05, 0.1) is 6.42 Å². The van der Waals surface area contributed by atoms with Crippen LogP contribution in [-0.4, -0.2) is 66.7 Å². The molecule has 0 saturated carbocycles. The predicted molar refractivity (Wildman–Crippen MR) is 122 cm³/mol. The Kier molecular flexibility index (Phi) is 10.3. The van der Waals surface area contributed by atoms with Gasteiger partial charge in [-0.1, -0.05) is 13.8 Å². The standard InChI is InChI=1S/C24H33NO10/c1-13(2)8-9-25-24(30)17-6-7-19(18(29)10-17)34-22-11-20(32-15(4)27)23(33-16(5)28)21(35-22)12-31-14(3)26/h6-7,10,13,20-23,29H,8-9,11-12H2,1-5H3,(H,25,30)/t20-,21-,22?,23-/m1/s1. The van der Waals surface area contributed by atoms with Crippen LogP contribution in [0.5, 0.6) is 11.5 Å². The number of aromatic hydroxyl groups is 1. The third-order valence-corrected chi connectivity index (χ3v) is 5.04. The molecule has 1 amide bonds. The van der Waals surface area contributed by atoms with E-state index >= 15 is 0 Å². The maximum Gasteiger partial charge on any atom is 0.303 e. The van der Waals surface area contributed by atoms with Gasteiger partial charge in [-0.3, -0.25) is 19.2 Å². The second kappa shape index (κ2) is 12.9. The summed E-state index contributed by atoms with van der Waals surface area (Å²) in [6.07, 6.45) is -3.26. The normalized spacial score (nSPS) is 21.7. The van der Waals surface area contributed by atoms with Gasteiger partial charge in [0.1, 0.15) is 18.8 Å². The average molecular weight is 496 g/mol. The molecule has 1 aliphatic heterocycles. The monoisotopic (exact) mass is 495 g/mol. The highest BCUT2D eigenvalue weighted by Crippen LogP contribution is 2.32. The summed E-state index contributed by atoms with van der Waals surface area (Å²) in [5, 5.41) is 13.2. The molecule has 1 unspecified atom stereocenters. The highest BCUT2D eigenvalue weighted by Gasteiger charge is 2.44. The molecule has 35 heavy (non-hydrogen) atoms. The zero-order valence-corrected chi connectivity index (χ0v) is 20.6. The third kappa shape index (κ3) is 9.08. The SMILES string of the molecule is CC(=O)OC[C@H]1OC(Oc2ccc(C(=O)NCCC(C)C)cc2O)C[C@@H](OC(C)=O)[C@H]1OC(C)=O. The van der Waals surface area contributed by atoms with E-state index in [-0.39, 0.29) is 36.0 Å². The number of benzene rings is 1. The minimum atomic E-state index is -1.05. The van der Waals surface area contributed by atoms with E-state index in [2.05, 4.69) is 19.2 Å². The highest BCUT2D eigenvalue weighted by atomic mass is 16.7. The van der Waals surface area contributed by atoms with Gasteiger partial charge in [-0.05, 0) is 30.5 Å². The summed E-state index contributed by atoms with van der Waals surface area (Å²) in [4.78, 5) is 46.9. The van der Waals surface area contributed by atoms with Crippen molar-refractivity contribution in [2.45, 2.75) is 72.1 Å². The number of rotatable bonds is 10. The van der Waals surface area contributed by atoms with Crippen LogP contribution in [0.25, 0.3) is 0 Å². The average Bonchev–Trinajstić information content (AvgIpc) is 2.74. The molecule has 0 bridgehead atoms. The Morgan fingerprint density at radius 3 is 2.34 bits per heavy atom. The minimum Gasteiger partial charge on any atom is -0.504 e. The molecule has 11 nitrogen and oxygen atoms in total. The number of carbonyl (C=O) groups excluding carboxylic acids is 4. The van der Waals surface area contributed by atoms with E-state index in [1.165, 1.54) is 39.0 Å². The highest BCUT2D eigenvalue weighted by molar-refractivity contribution is 5.94. The summed E-state index contributed by atoms with van der Waals surface area (Å²) in [6, 6.07) is 4.17. The van der Waals surface area contributed by atoms with Gasteiger partial charge in [0.2, 0.25) is 6.29 Å². The van der Waals surface area contributed by atoms with Crippen molar-refractivity contribution in [1.29, 1.82) is 0 Å². The molecular formula is C24H33NO10. The maximum atomic E-state index is 12.3. The Hall–Kier alpha value is -3.34. The molecular weight excluding hydrogens is 462 g/mol. The molecule has 0 radical (unpaired) electrons. The summed E-state index contributed by atoms with van der Waals surface area (Å²) >= 11 is 0. The Labute approximate surface area is 204 Å². The number of hydrogen-bond acceptors (Lipinski definition) is 10. The fraction of sp³-hybridized carbons (Fsp3) is 0.583. The first kappa shape index (κ1) is 27.9. The minimum absolute atomic E-state index is 0.0208. The number of carbonyl (C=O) groups is 4. The second-order valence-electron chi connectivity index (χ2n) is 8.60. The zero-order chi connectivity index (χ0) is 26.1. The van der Waals surface area contributed by atoms with Crippen molar-refractivity contribution in [3.05, 3.63) is 23.8 Å². The summed E-state index contributed by atoms with van der Waals surface area (Å²) in [6.45, 7) is 7.93. The molecule has 1 saturated heterocycles. The van der Waals surface area contributed by atoms with Crippen LogP contribution in [0.15, 0.2) is 18.2 Å². The van der Waals surface area contributed by atoms with Gasteiger partial charge >= 0.3 is 17.9 Å². The quantitative estimate of drug-likeness (QED) is 0.365. The van der Waals surface area contributed by atoms with Crippen LogP contribution in [0.1, 0.15) is 57.8 Å². The Morgan fingerprint density at radius 1 is 1.09 bits per heavy atom. The second-order valence-corrected chi connectivity index (χ2v) is 8.60. The molecule has 11 heteroatoms. The first-order valence-electron chi connectivity index (χ1n) is 11.4. The van der Waals surface area contributed by atoms with Crippen molar-refractivity contribution < 1.29 is 48.0 Å². The van der Waals surface area contributed by atoms with Gasteiger partial charge in [-0.2, -0.15) is 0 Å². The van der Waals surface area contributed by atoms with E-state index in [0.717, 1.165) is 6.42 Å². The summed E-state index contributed by atoms with van der Waals surface area (Å²) < 4.78 is 27.2. The van der Waals surface area contributed by atoms with Crippen LogP contribution < -0.4 is 10.1 Å². The van der Waals surface area contributed by atoms with E-state index in [1.807, 2.05) is 0 Å². The van der Waals surface area contributed by atoms with E-state index < -0.39 is 42.5 Å². The van der Waals surface area contributed by atoms with Crippen LogP contribution in [0.3, 0.4) is 0 Å². The van der Waals surface area contributed by atoms with Gasteiger partial charge in [0, 0.05) is 32.9 Å². The summed E-state index contributed by atoms with van der Waals surface area (Å²) in [5.74, 6) is -2.00. The van der Waals surface area contributed by atoms with Gasteiger partial charge in [0.25, 0.3) is 5.91 Å². The van der Waals surface area contributed by atoms with Crippen molar-refractivity contribution in [3.8, 4) is 11.5 Å². The van der Waals surface area contributed by atoms with Crippen molar-refractivity contribution in [1.82, 2.24) is 5.32 Å².